The summed E-state index contributed by atoms with van der Waals surface area (Å²) in [6.07, 6.45) is 5.15. The predicted molar refractivity (Wildman–Crippen MR) is 88.4 cm³/mol. The van der Waals surface area contributed by atoms with Crippen LogP contribution < -0.4 is 0 Å². The second-order valence-corrected chi connectivity index (χ2v) is 5.33. The van der Waals surface area contributed by atoms with Gasteiger partial charge in [-0.2, -0.15) is 0 Å². The van der Waals surface area contributed by atoms with Crippen molar-refractivity contribution in [2.75, 3.05) is 52.9 Å². The van der Waals surface area contributed by atoms with Crippen LogP contribution in [0.25, 0.3) is 0 Å². The zero-order valence-electron chi connectivity index (χ0n) is 14.8. The fourth-order valence-electron chi connectivity index (χ4n) is 2.05. The Labute approximate surface area is 140 Å². The normalized spacial score (nSPS) is 12.3. The number of unbranched alkanes of at least 4 members (excludes halogenated alkanes) is 2. The van der Waals surface area contributed by atoms with Gasteiger partial charge in [0.05, 0.1) is 52.2 Å². The van der Waals surface area contributed by atoms with E-state index in [2.05, 4.69) is 6.92 Å². The highest BCUT2D eigenvalue weighted by Gasteiger charge is 2.17. The van der Waals surface area contributed by atoms with Crippen LogP contribution >= 0.6 is 0 Å². The van der Waals surface area contributed by atoms with E-state index in [9.17, 15) is 4.79 Å². The van der Waals surface area contributed by atoms with Gasteiger partial charge < -0.3 is 24.1 Å². The van der Waals surface area contributed by atoms with Gasteiger partial charge in [-0.15, -0.1) is 0 Å². The molecule has 0 amide bonds. The molecule has 6 nitrogen and oxygen atoms in total. The molecule has 138 valence electrons. The standard InChI is InChI=1S/C17H34O6/c1-3-5-6-7-16(4-2)17(19)23-15-14-22-13-12-21-11-10-20-9-8-18/h16,18H,3-15H2,1-2H3. The molecule has 0 aliphatic carbocycles. The Hall–Kier alpha value is -0.690. The summed E-state index contributed by atoms with van der Waals surface area (Å²) in [7, 11) is 0. The van der Waals surface area contributed by atoms with Crippen molar-refractivity contribution in [3.05, 3.63) is 0 Å². The topological polar surface area (TPSA) is 74.2 Å². The van der Waals surface area contributed by atoms with E-state index in [1.807, 2.05) is 6.92 Å². The van der Waals surface area contributed by atoms with Gasteiger partial charge in [-0.05, 0) is 12.8 Å². The van der Waals surface area contributed by atoms with Crippen LogP contribution in [0.1, 0.15) is 46.0 Å². The molecule has 1 N–H and O–H groups in total. The number of ether oxygens (including phenoxy) is 4. The summed E-state index contributed by atoms with van der Waals surface area (Å²) in [5.74, 6) is -0.0895. The van der Waals surface area contributed by atoms with Crippen LogP contribution in [-0.2, 0) is 23.7 Å². The number of rotatable bonds is 17. The van der Waals surface area contributed by atoms with Crippen molar-refractivity contribution >= 4 is 5.97 Å². The fraction of sp³-hybridized carbons (Fsp3) is 0.941. The second kappa shape index (κ2) is 17.7. The van der Waals surface area contributed by atoms with Gasteiger partial charge in [-0.25, -0.2) is 0 Å². The summed E-state index contributed by atoms with van der Waals surface area (Å²) in [6.45, 7) is 7.11. The van der Waals surface area contributed by atoms with Gasteiger partial charge in [0, 0.05) is 0 Å². The van der Waals surface area contributed by atoms with Crippen molar-refractivity contribution in [1.29, 1.82) is 0 Å². The number of esters is 1. The lowest BCUT2D eigenvalue weighted by molar-refractivity contribution is -0.150. The number of hydrogen-bond acceptors (Lipinski definition) is 6. The van der Waals surface area contributed by atoms with Crippen molar-refractivity contribution < 1.29 is 28.8 Å². The number of carbonyl (C=O) groups is 1. The maximum atomic E-state index is 11.9. The SMILES string of the molecule is CCCCCC(CC)C(=O)OCCOCCOCCOCCO. The number of carbonyl (C=O) groups excluding carboxylic acids is 1. The molecule has 0 radical (unpaired) electrons. The first-order valence-corrected chi connectivity index (χ1v) is 8.76. The predicted octanol–water partition coefficient (Wildman–Crippen LogP) is 2.18. The average Bonchev–Trinajstić information content (AvgIpc) is 2.56. The van der Waals surface area contributed by atoms with Crippen molar-refractivity contribution in [2.45, 2.75) is 46.0 Å². The van der Waals surface area contributed by atoms with Crippen LogP contribution in [0.15, 0.2) is 0 Å². The van der Waals surface area contributed by atoms with Crippen LogP contribution in [0.3, 0.4) is 0 Å². The second-order valence-electron chi connectivity index (χ2n) is 5.33. The molecule has 23 heavy (non-hydrogen) atoms. The van der Waals surface area contributed by atoms with Gasteiger partial charge in [-0.1, -0.05) is 33.1 Å². The van der Waals surface area contributed by atoms with Crippen molar-refractivity contribution in [3.8, 4) is 0 Å². The lowest BCUT2D eigenvalue weighted by atomic mass is 9.99. The average molecular weight is 334 g/mol. The Morgan fingerprint density at radius 2 is 1.43 bits per heavy atom. The van der Waals surface area contributed by atoms with Gasteiger partial charge in [0.1, 0.15) is 6.61 Å². The molecule has 0 aliphatic heterocycles. The molecular formula is C17H34O6. The van der Waals surface area contributed by atoms with Gasteiger partial charge >= 0.3 is 5.97 Å². The smallest absolute Gasteiger partial charge is 0.308 e. The Balaban J connectivity index is 3.40. The number of aliphatic hydroxyl groups excluding tert-OH is 1. The molecule has 0 heterocycles. The lowest BCUT2D eigenvalue weighted by Crippen LogP contribution is -2.20. The summed E-state index contributed by atoms with van der Waals surface area (Å²) in [5, 5.41) is 8.51. The van der Waals surface area contributed by atoms with Crippen LogP contribution in [0, 0.1) is 5.92 Å². The third-order valence-electron chi connectivity index (χ3n) is 3.43. The highest BCUT2D eigenvalue weighted by atomic mass is 16.6. The van der Waals surface area contributed by atoms with E-state index in [0.717, 1.165) is 32.1 Å². The van der Waals surface area contributed by atoms with Gasteiger partial charge in [0.25, 0.3) is 0 Å². The van der Waals surface area contributed by atoms with E-state index in [1.54, 1.807) is 0 Å². The largest absolute Gasteiger partial charge is 0.463 e. The molecule has 0 fully saturated rings. The number of aliphatic hydroxyl groups is 1. The highest BCUT2D eigenvalue weighted by molar-refractivity contribution is 5.72. The Morgan fingerprint density at radius 1 is 0.870 bits per heavy atom. The lowest BCUT2D eigenvalue weighted by Gasteiger charge is -2.14. The third kappa shape index (κ3) is 14.6. The summed E-state index contributed by atoms with van der Waals surface area (Å²) < 4.78 is 20.9. The van der Waals surface area contributed by atoms with Crippen LogP contribution in [0.2, 0.25) is 0 Å². The van der Waals surface area contributed by atoms with Crippen LogP contribution in [0.4, 0.5) is 0 Å². The van der Waals surface area contributed by atoms with E-state index in [0.29, 0.717) is 46.2 Å². The first-order chi connectivity index (χ1) is 11.3. The first-order valence-electron chi connectivity index (χ1n) is 8.76. The molecule has 0 aromatic heterocycles. The van der Waals surface area contributed by atoms with Gasteiger partial charge in [0.15, 0.2) is 0 Å². The maximum absolute atomic E-state index is 11.9. The van der Waals surface area contributed by atoms with E-state index in [-0.39, 0.29) is 18.5 Å². The van der Waals surface area contributed by atoms with Crippen molar-refractivity contribution in [2.24, 2.45) is 5.92 Å². The fourth-order valence-corrected chi connectivity index (χ4v) is 2.05. The third-order valence-corrected chi connectivity index (χ3v) is 3.43. The molecule has 0 rings (SSSR count). The molecule has 1 atom stereocenters. The minimum Gasteiger partial charge on any atom is -0.463 e. The van der Waals surface area contributed by atoms with Crippen LogP contribution in [-0.4, -0.2) is 63.9 Å². The van der Waals surface area contributed by atoms with Crippen LogP contribution in [0.5, 0.6) is 0 Å². The van der Waals surface area contributed by atoms with Crippen molar-refractivity contribution in [1.82, 2.24) is 0 Å². The molecule has 0 saturated heterocycles. The van der Waals surface area contributed by atoms with E-state index in [1.165, 1.54) is 0 Å². The molecule has 0 aliphatic rings. The molecule has 0 saturated carbocycles. The van der Waals surface area contributed by atoms with Gasteiger partial charge in [-0.3, -0.25) is 4.79 Å². The molecule has 0 bridgehead atoms. The van der Waals surface area contributed by atoms with Crippen molar-refractivity contribution in [3.63, 3.8) is 0 Å². The molecule has 0 aromatic rings. The minimum atomic E-state index is -0.107. The summed E-state index contributed by atoms with van der Waals surface area (Å²) in [5.41, 5.74) is 0. The monoisotopic (exact) mass is 334 g/mol. The molecule has 0 aromatic carbocycles. The zero-order valence-corrected chi connectivity index (χ0v) is 14.8. The van der Waals surface area contributed by atoms with E-state index < -0.39 is 0 Å². The summed E-state index contributed by atoms with van der Waals surface area (Å²) in [6, 6.07) is 0. The Bertz CT molecular complexity index is 259. The highest BCUT2D eigenvalue weighted by Crippen LogP contribution is 2.15. The molecular weight excluding hydrogens is 300 g/mol. The summed E-state index contributed by atoms with van der Waals surface area (Å²) in [4.78, 5) is 11.9. The quantitative estimate of drug-likeness (QED) is 0.325. The Morgan fingerprint density at radius 3 is 1.96 bits per heavy atom. The zero-order chi connectivity index (χ0) is 17.2. The minimum absolute atomic E-state index is 0.0174. The first kappa shape index (κ1) is 22.3. The maximum Gasteiger partial charge on any atom is 0.308 e. The van der Waals surface area contributed by atoms with Gasteiger partial charge in [0.2, 0.25) is 0 Å². The number of hydrogen-bond donors (Lipinski definition) is 1. The molecule has 6 heteroatoms. The van der Waals surface area contributed by atoms with E-state index in [4.69, 9.17) is 24.1 Å². The van der Waals surface area contributed by atoms with E-state index >= 15 is 0 Å². The molecule has 1 unspecified atom stereocenters. The Kier molecular flexibility index (Phi) is 17.1. The summed E-state index contributed by atoms with van der Waals surface area (Å²) >= 11 is 0. The molecule has 0 spiro atoms.